The van der Waals surface area contributed by atoms with E-state index in [1.807, 2.05) is 12.1 Å². The highest BCUT2D eigenvalue weighted by Crippen LogP contribution is 2.41. The predicted octanol–water partition coefficient (Wildman–Crippen LogP) is 7.69. The number of aryl methyl sites for hydroxylation is 1. The number of nitrogens with zero attached hydrogens (tertiary/aromatic N) is 1. The van der Waals surface area contributed by atoms with Gasteiger partial charge in [-0.15, -0.1) is 0 Å². The number of carbonyl (C=O) groups excluding carboxylic acids is 1. The highest BCUT2D eigenvalue weighted by atomic mass is 16.5. The summed E-state index contributed by atoms with van der Waals surface area (Å²) in [6, 6.07) is 16.4. The van der Waals surface area contributed by atoms with E-state index in [0.29, 0.717) is 17.2 Å². The van der Waals surface area contributed by atoms with Crippen LogP contribution < -0.4 is 4.74 Å². The fourth-order valence-electron chi connectivity index (χ4n) is 5.14. The Labute approximate surface area is 200 Å². The molecule has 3 nitrogen and oxygen atoms in total. The summed E-state index contributed by atoms with van der Waals surface area (Å²) in [5, 5.41) is 9.57. The molecule has 0 amide bonds. The van der Waals surface area contributed by atoms with E-state index >= 15 is 0 Å². The maximum Gasteiger partial charge on any atom is 0.321 e. The molecule has 3 heteroatoms. The van der Waals surface area contributed by atoms with Gasteiger partial charge in [-0.05, 0) is 60.4 Å². The zero-order chi connectivity index (χ0) is 23.7. The summed E-state index contributed by atoms with van der Waals surface area (Å²) < 4.78 is 5.92. The largest absolute Gasteiger partial charge is 0.424 e. The molecule has 0 bridgehead atoms. The minimum atomic E-state index is -0.625. The quantitative estimate of drug-likeness (QED) is 0.214. The average Bonchev–Trinajstić information content (AvgIpc) is 2.85. The molecule has 1 aliphatic rings. The minimum Gasteiger partial charge on any atom is -0.424 e. The van der Waals surface area contributed by atoms with Crippen molar-refractivity contribution in [2.24, 2.45) is 5.92 Å². The number of esters is 1. The summed E-state index contributed by atoms with van der Waals surface area (Å²) in [6.07, 6.45) is 11.8. The zero-order valence-electron chi connectivity index (χ0n) is 20.7. The zero-order valence-corrected chi connectivity index (χ0v) is 20.7. The molecule has 2 aromatic rings. The Morgan fingerprint density at radius 1 is 1.03 bits per heavy atom. The Hall–Kier alpha value is -2.60. The molecule has 1 aliphatic carbocycles. The molecule has 0 radical (unpaired) electrons. The molecule has 0 N–H and O–H groups in total. The first kappa shape index (κ1) is 25.0. The number of unbranched alkanes of at least 4 members (excludes halogenated alkanes) is 2. The molecule has 0 heterocycles. The van der Waals surface area contributed by atoms with E-state index in [4.69, 9.17) is 4.74 Å². The first-order valence-electron chi connectivity index (χ1n) is 12.9. The summed E-state index contributed by atoms with van der Waals surface area (Å²) in [4.78, 5) is 13.6. The van der Waals surface area contributed by atoms with Crippen molar-refractivity contribution in [3.8, 4) is 11.8 Å². The molecule has 3 rings (SSSR count). The van der Waals surface area contributed by atoms with Crippen LogP contribution in [0.25, 0.3) is 0 Å². The number of nitriles is 1. The van der Waals surface area contributed by atoms with Crippen LogP contribution >= 0.6 is 0 Å². The third-order valence-corrected chi connectivity index (χ3v) is 7.26. The predicted molar refractivity (Wildman–Crippen MR) is 134 cm³/mol. The Kier molecular flexibility index (Phi) is 9.12. The van der Waals surface area contributed by atoms with Crippen LogP contribution in [0.1, 0.15) is 101 Å². The van der Waals surface area contributed by atoms with Crippen molar-refractivity contribution in [2.75, 3.05) is 0 Å². The molecule has 2 aromatic carbocycles. The van der Waals surface area contributed by atoms with E-state index in [0.717, 1.165) is 56.1 Å². The fraction of sp³-hybridized carbons (Fsp3) is 0.533. The molecule has 1 fully saturated rings. The second kappa shape index (κ2) is 12.0. The van der Waals surface area contributed by atoms with E-state index in [2.05, 4.69) is 51.1 Å². The average molecular weight is 446 g/mol. The minimum absolute atomic E-state index is 0.219. The van der Waals surface area contributed by atoms with E-state index in [9.17, 15) is 10.1 Å². The van der Waals surface area contributed by atoms with Gasteiger partial charge in [-0.3, -0.25) is 4.79 Å². The van der Waals surface area contributed by atoms with Crippen LogP contribution in [0.15, 0.2) is 42.5 Å². The van der Waals surface area contributed by atoms with E-state index in [-0.39, 0.29) is 5.97 Å². The lowest BCUT2D eigenvalue weighted by Crippen LogP contribution is -2.41. The van der Waals surface area contributed by atoms with Gasteiger partial charge in [-0.1, -0.05) is 96.0 Å². The summed E-state index contributed by atoms with van der Waals surface area (Å²) in [5.74, 6) is 0.831. The first-order chi connectivity index (χ1) is 16.0. The Bertz CT molecular complexity index is 948. The van der Waals surface area contributed by atoms with Crippen LogP contribution in [0.2, 0.25) is 0 Å². The van der Waals surface area contributed by atoms with Crippen molar-refractivity contribution in [1.82, 2.24) is 0 Å². The number of carbonyl (C=O) groups is 1. The SMILES string of the molecule is CCCCCC(C)Cc1ccc(C2(C(=O)Oc3ccc(CC)cc3C#N)CCCCC2)cc1. The second-order valence-corrected chi connectivity index (χ2v) is 9.83. The van der Waals surface area contributed by atoms with E-state index in [1.165, 1.54) is 31.2 Å². The van der Waals surface area contributed by atoms with Gasteiger partial charge < -0.3 is 4.74 Å². The lowest BCUT2D eigenvalue weighted by Gasteiger charge is -2.35. The number of hydrogen-bond donors (Lipinski definition) is 0. The Morgan fingerprint density at radius 2 is 1.73 bits per heavy atom. The van der Waals surface area contributed by atoms with E-state index < -0.39 is 5.41 Å². The molecule has 176 valence electrons. The number of rotatable bonds is 10. The monoisotopic (exact) mass is 445 g/mol. The van der Waals surface area contributed by atoms with Crippen molar-refractivity contribution < 1.29 is 9.53 Å². The van der Waals surface area contributed by atoms with Gasteiger partial charge in [0.15, 0.2) is 0 Å². The number of benzene rings is 2. The normalized spacial score (nSPS) is 16.1. The first-order valence-corrected chi connectivity index (χ1v) is 12.9. The molecule has 1 unspecified atom stereocenters. The van der Waals surface area contributed by atoms with Gasteiger partial charge in [0.2, 0.25) is 0 Å². The molecular weight excluding hydrogens is 406 g/mol. The van der Waals surface area contributed by atoms with Gasteiger partial charge >= 0.3 is 5.97 Å². The van der Waals surface area contributed by atoms with Crippen LogP contribution in [0.5, 0.6) is 5.75 Å². The van der Waals surface area contributed by atoms with Crippen LogP contribution in [0.3, 0.4) is 0 Å². The lowest BCUT2D eigenvalue weighted by molar-refractivity contribution is -0.142. The van der Waals surface area contributed by atoms with Crippen molar-refractivity contribution in [2.45, 2.75) is 96.8 Å². The Morgan fingerprint density at radius 3 is 2.36 bits per heavy atom. The van der Waals surface area contributed by atoms with E-state index in [1.54, 1.807) is 6.07 Å². The second-order valence-electron chi connectivity index (χ2n) is 9.83. The molecule has 0 spiro atoms. The van der Waals surface area contributed by atoms with Gasteiger partial charge in [-0.25, -0.2) is 0 Å². The van der Waals surface area contributed by atoms with Crippen LogP contribution in [-0.4, -0.2) is 5.97 Å². The standard InChI is InChI=1S/C30H39NO2/c1-4-6-8-11-23(3)20-25-12-15-27(16-13-25)30(18-9-7-10-19-30)29(32)33-28-17-14-24(5-2)21-26(28)22-31/h12-17,21,23H,4-11,18-20H2,1-3H3. The summed E-state index contributed by atoms with van der Waals surface area (Å²) in [7, 11) is 0. The molecule has 1 saturated carbocycles. The van der Waals surface area contributed by atoms with Gasteiger partial charge in [0, 0.05) is 0 Å². The van der Waals surface area contributed by atoms with Crippen molar-refractivity contribution in [3.05, 3.63) is 64.7 Å². The van der Waals surface area contributed by atoms with Crippen molar-refractivity contribution in [3.63, 3.8) is 0 Å². The summed E-state index contributed by atoms with van der Waals surface area (Å²) in [6.45, 7) is 6.63. The van der Waals surface area contributed by atoms with Crippen molar-refractivity contribution in [1.29, 1.82) is 5.26 Å². The van der Waals surface area contributed by atoms with Gasteiger partial charge in [0.1, 0.15) is 11.8 Å². The lowest BCUT2D eigenvalue weighted by atomic mass is 9.69. The molecule has 1 atom stereocenters. The third kappa shape index (κ3) is 6.26. The Balaban J connectivity index is 1.79. The number of ether oxygens (including phenoxy) is 1. The summed E-state index contributed by atoms with van der Waals surface area (Å²) in [5.41, 5.74) is 3.27. The maximum atomic E-state index is 13.6. The van der Waals surface area contributed by atoms with Crippen LogP contribution in [0.4, 0.5) is 0 Å². The molecule has 0 aliphatic heterocycles. The van der Waals surface area contributed by atoms with Crippen molar-refractivity contribution >= 4 is 5.97 Å². The molecule has 0 aromatic heterocycles. The molecule has 33 heavy (non-hydrogen) atoms. The van der Waals surface area contributed by atoms with Gasteiger partial charge in [0.05, 0.1) is 11.0 Å². The highest BCUT2D eigenvalue weighted by molar-refractivity contribution is 5.85. The third-order valence-electron chi connectivity index (χ3n) is 7.26. The van der Waals surface area contributed by atoms with Gasteiger partial charge in [-0.2, -0.15) is 5.26 Å². The fourth-order valence-corrected chi connectivity index (χ4v) is 5.14. The summed E-state index contributed by atoms with van der Waals surface area (Å²) >= 11 is 0. The maximum absolute atomic E-state index is 13.6. The van der Waals surface area contributed by atoms with Crippen LogP contribution in [0, 0.1) is 17.2 Å². The highest BCUT2D eigenvalue weighted by Gasteiger charge is 2.43. The molecule has 0 saturated heterocycles. The number of hydrogen-bond acceptors (Lipinski definition) is 3. The van der Waals surface area contributed by atoms with Crippen LogP contribution in [-0.2, 0) is 23.1 Å². The van der Waals surface area contributed by atoms with Gasteiger partial charge in [0.25, 0.3) is 0 Å². The topological polar surface area (TPSA) is 50.1 Å². The molecular formula is C30H39NO2. The smallest absolute Gasteiger partial charge is 0.321 e.